The maximum absolute atomic E-state index is 5.87. The molecular formula is C15H17NOS. The van der Waals surface area contributed by atoms with Crippen LogP contribution in [-0.2, 0) is 5.41 Å². The number of ether oxygens (including phenoxy) is 1. The Morgan fingerprint density at radius 1 is 1.28 bits per heavy atom. The minimum Gasteiger partial charge on any atom is -0.497 e. The van der Waals surface area contributed by atoms with E-state index < -0.39 is 0 Å². The third kappa shape index (κ3) is 1.93. The summed E-state index contributed by atoms with van der Waals surface area (Å²) >= 11 is 1.80. The minimum atomic E-state index is 0.293. The Morgan fingerprint density at radius 2 is 2.00 bits per heavy atom. The van der Waals surface area contributed by atoms with Gasteiger partial charge in [0.2, 0.25) is 0 Å². The predicted molar refractivity (Wildman–Crippen MR) is 76.3 cm³/mol. The first kappa shape index (κ1) is 11.8. The van der Waals surface area contributed by atoms with E-state index in [9.17, 15) is 0 Å². The predicted octanol–water partition coefficient (Wildman–Crippen LogP) is 3.41. The first-order valence-corrected chi connectivity index (χ1v) is 7.09. The van der Waals surface area contributed by atoms with Crippen molar-refractivity contribution >= 4 is 11.3 Å². The van der Waals surface area contributed by atoms with E-state index in [1.54, 1.807) is 18.4 Å². The topological polar surface area (TPSA) is 35.2 Å². The second-order valence-corrected chi connectivity index (χ2v) is 5.82. The Bertz CT molecular complexity index is 540. The SMILES string of the molecule is COc1ccc(-c2cc(C3(CN)CC3)cs2)cc1. The summed E-state index contributed by atoms with van der Waals surface area (Å²) in [5, 5.41) is 2.26. The summed E-state index contributed by atoms with van der Waals surface area (Å²) in [5.74, 6) is 0.899. The maximum Gasteiger partial charge on any atom is 0.118 e. The van der Waals surface area contributed by atoms with Crippen molar-refractivity contribution in [2.75, 3.05) is 13.7 Å². The molecule has 1 aliphatic rings. The molecule has 0 radical (unpaired) electrons. The zero-order chi connectivity index (χ0) is 12.6. The Morgan fingerprint density at radius 3 is 2.56 bits per heavy atom. The van der Waals surface area contributed by atoms with Gasteiger partial charge in [0, 0.05) is 16.8 Å². The molecule has 1 aromatic heterocycles. The maximum atomic E-state index is 5.87. The van der Waals surface area contributed by atoms with Crippen LogP contribution >= 0.6 is 11.3 Å². The summed E-state index contributed by atoms with van der Waals surface area (Å²) in [6.45, 7) is 0.770. The Hall–Kier alpha value is -1.32. The Labute approximate surface area is 111 Å². The van der Waals surface area contributed by atoms with Crippen LogP contribution in [0.4, 0.5) is 0 Å². The standard InChI is InChI=1S/C15H17NOS/c1-17-13-4-2-11(3-5-13)14-8-12(9-18-14)15(10-16)6-7-15/h2-5,8-9H,6-7,10,16H2,1H3. The quantitative estimate of drug-likeness (QED) is 0.913. The summed E-state index contributed by atoms with van der Waals surface area (Å²) in [7, 11) is 1.69. The van der Waals surface area contributed by atoms with E-state index in [0.29, 0.717) is 5.41 Å². The lowest BCUT2D eigenvalue weighted by Gasteiger charge is -2.08. The van der Waals surface area contributed by atoms with Gasteiger partial charge in [0.1, 0.15) is 5.75 Å². The number of rotatable bonds is 4. The third-order valence-corrected chi connectivity index (χ3v) is 4.81. The number of methoxy groups -OCH3 is 1. The van der Waals surface area contributed by atoms with Gasteiger partial charge in [-0.2, -0.15) is 0 Å². The summed E-state index contributed by atoms with van der Waals surface area (Å²) in [4.78, 5) is 1.31. The largest absolute Gasteiger partial charge is 0.497 e. The molecule has 1 heterocycles. The van der Waals surface area contributed by atoms with E-state index in [2.05, 4.69) is 23.6 Å². The lowest BCUT2D eigenvalue weighted by atomic mass is 9.98. The monoisotopic (exact) mass is 259 g/mol. The molecule has 0 spiro atoms. The molecule has 1 fully saturated rings. The van der Waals surface area contributed by atoms with E-state index in [4.69, 9.17) is 10.5 Å². The smallest absolute Gasteiger partial charge is 0.118 e. The van der Waals surface area contributed by atoms with Crippen LogP contribution in [0.3, 0.4) is 0 Å². The van der Waals surface area contributed by atoms with Gasteiger partial charge in [0.05, 0.1) is 7.11 Å². The highest BCUT2D eigenvalue weighted by molar-refractivity contribution is 7.13. The van der Waals surface area contributed by atoms with Crippen molar-refractivity contribution in [1.82, 2.24) is 0 Å². The Kier molecular flexibility index (Phi) is 2.88. The number of hydrogen-bond acceptors (Lipinski definition) is 3. The van der Waals surface area contributed by atoms with E-state index in [0.717, 1.165) is 12.3 Å². The van der Waals surface area contributed by atoms with E-state index in [1.807, 2.05) is 12.1 Å². The van der Waals surface area contributed by atoms with Crippen LogP contribution < -0.4 is 10.5 Å². The van der Waals surface area contributed by atoms with Crippen molar-refractivity contribution < 1.29 is 4.74 Å². The van der Waals surface area contributed by atoms with E-state index in [-0.39, 0.29) is 0 Å². The molecule has 94 valence electrons. The normalized spacial score (nSPS) is 16.6. The average molecular weight is 259 g/mol. The zero-order valence-corrected chi connectivity index (χ0v) is 11.3. The van der Waals surface area contributed by atoms with Crippen molar-refractivity contribution in [3.8, 4) is 16.2 Å². The highest BCUT2D eigenvalue weighted by Gasteiger charge is 2.43. The zero-order valence-electron chi connectivity index (χ0n) is 10.5. The lowest BCUT2D eigenvalue weighted by molar-refractivity contribution is 0.415. The molecule has 0 aliphatic heterocycles. The number of thiophene rings is 1. The molecule has 0 amide bonds. The summed E-state index contributed by atoms with van der Waals surface area (Å²) in [5.41, 5.74) is 8.83. The van der Waals surface area contributed by atoms with Crippen LogP contribution in [0.1, 0.15) is 18.4 Å². The molecule has 2 N–H and O–H groups in total. The molecule has 2 nitrogen and oxygen atoms in total. The van der Waals surface area contributed by atoms with E-state index in [1.165, 1.54) is 28.8 Å². The molecule has 1 aromatic carbocycles. The molecule has 2 aromatic rings. The lowest BCUT2D eigenvalue weighted by Crippen LogP contribution is -2.18. The van der Waals surface area contributed by atoms with Gasteiger partial charge < -0.3 is 10.5 Å². The Balaban J connectivity index is 1.88. The number of benzene rings is 1. The van der Waals surface area contributed by atoms with Crippen LogP contribution in [0, 0.1) is 0 Å². The molecule has 18 heavy (non-hydrogen) atoms. The number of nitrogens with two attached hydrogens (primary N) is 1. The van der Waals surface area contributed by atoms with Crippen LogP contribution in [0.15, 0.2) is 35.7 Å². The molecule has 1 saturated carbocycles. The van der Waals surface area contributed by atoms with Crippen LogP contribution in [0.25, 0.3) is 10.4 Å². The van der Waals surface area contributed by atoms with Gasteiger partial charge in [-0.25, -0.2) is 0 Å². The van der Waals surface area contributed by atoms with Gasteiger partial charge in [-0.1, -0.05) is 0 Å². The molecule has 1 aliphatic carbocycles. The van der Waals surface area contributed by atoms with Gasteiger partial charge in [-0.05, 0) is 59.7 Å². The molecule has 0 saturated heterocycles. The van der Waals surface area contributed by atoms with E-state index >= 15 is 0 Å². The fourth-order valence-corrected chi connectivity index (χ4v) is 3.32. The third-order valence-electron chi connectivity index (χ3n) is 3.83. The second-order valence-electron chi connectivity index (χ2n) is 4.91. The van der Waals surface area contributed by atoms with Crippen molar-refractivity contribution in [3.05, 3.63) is 41.3 Å². The van der Waals surface area contributed by atoms with Crippen LogP contribution in [0.5, 0.6) is 5.75 Å². The second kappa shape index (κ2) is 4.41. The highest BCUT2D eigenvalue weighted by atomic mass is 32.1. The first-order valence-electron chi connectivity index (χ1n) is 6.21. The molecule has 3 rings (SSSR count). The summed E-state index contributed by atoms with van der Waals surface area (Å²) in [6.07, 6.45) is 2.48. The van der Waals surface area contributed by atoms with Crippen molar-refractivity contribution in [2.45, 2.75) is 18.3 Å². The van der Waals surface area contributed by atoms with Crippen LogP contribution in [-0.4, -0.2) is 13.7 Å². The molecule has 3 heteroatoms. The van der Waals surface area contributed by atoms with Crippen molar-refractivity contribution in [3.63, 3.8) is 0 Å². The molecular weight excluding hydrogens is 242 g/mol. The van der Waals surface area contributed by atoms with Crippen molar-refractivity contribution in [1.29, 1.82) is 0 Å². The van der Waals surface area contributed by atoms with Crippen molar-refractivity contribution in [2.24, 2.45) is 5.73 Å². The van der Waals surface area contributed by atoms with Gasteiger partial charge >= 0.3 is 0 Å². The van der Waals surface area contributed by atoms with Gasteiger partial charge in [-0.3, -0.25) is 0 Å². The molecule has 0 bridgehead atoms. The summed E-state index contributed by atoms with van der Waals surface area (Å²) in [6, 6.07) is 10.5. The van der Waals surface area contributed by atoms with Gasteiger partial charge in [0.25, 0.3) is 0 Å². The van der Waals surface area contributed by atoms with Gasteiger partial charge in [-0.15, -0.1) is 11.3 Å². The number of hydrogen-bond donors (Lipinski definition) is 1. The highest BCUT2D eigenvalue weighted by Crippen LogP contribution is 2.49. The minimum absolute atomic E-state index is 0.293. The van der Waals surface area contributed by atoms with Gasteiger partial charge in [0.15, 0.2) is 0 Å². The molecule has 0 atom stereocenters. The summed E-state index contributed by atoms with van der Waals surface area (Å²) < 4.78 is 5.18. The first-order chi connectivity index (χ1) is 8.77. The molecule has 0 unspecified atom stereocenters. The fourth-order valence-electron chi connectivity index (χ4n) is 2.28. The fraction of sp³-hybridized carbons (Fsp3) is 0.333. The average Bonchev–Trinajstić information content (AvgIpc) is 3.08. The van der Waals surface area contributed by atoms with Crippen LogP contribution in [0.2, 0.25) is 0 Å².